The topological polar surface area (TPSA) is 100 Å². The standard InChI is InChI=1S/C32H26F3N3O4S/c1-32(9-11-41-27-16(4-3-5-21(27)32)18-13-19(18)31(39)40)23-14-37-30(38-23)20-12-15(6-7-22(20)33)42-28-25(35)24(34)26-17(8-10-36-26)29(28)43-2/h3-8,10,12,14,18-19,36H,9,11,13H2,1-2H3,(H,37,38)(H,39,40)/t18-,19-,32-/m0/s1. The van der Waals surface area contributed by atoms with Crippen molar-refractivity contribution in [1.29, 1.82) is 0 Å². The number of aromatic nitrogens is 3. The second-order valence-electron chi connectivity index (χ2n) is 11.1. The zero-order chi connectivity index (χ0) is 30.0. The number of thioether (sulfide) groups is 1. The Kier molecular flexibility index (Phi) is 6.46. The van der Waals surface area contributed by atoms with E-state index in [4.69, 9.17) is 9.47 Å². The van der Waals surface area contributed by atoms with E-state index in [1.54, 1.807) is 18.5 Å². The van der Waals surface area contributed by atoms with Gasteiger partial charge >= 0.3 is 5.97 Å². The molecule has 0 unspecified atom stereocenters. The first-order valence-electron chi connectivity index (χ1n) is 13.8. The van der Waals surface area contributed by atoms with Crippen LogP contribution in [0.15, 0.2) is 59.8 Å². The molecule has 3 N–H and O–H groups in total. The van der Waals surface area contributed by atoms with Crippen LogP contribution in [0.2, 0.25) is 0 Å². The van der Waals surface area contributed by atoms with Gasteiger partial charge < -0.3 is 24.5 Å². The Morgan fingerprint density at radius 3 is 2.79 bits per heavy atom. The van der Waals surface area contributed by atoms with Crippen molar-refractivity contribution < 1.29 is 32.5 Å². The molecule has 3 heterocycles. The highest BCUT2D eigenvalue weighted by atomic mass is 32.2. The predicted molar refractivity (Wildman–Crippen MR) is 156 cm³/mol. The molecule has 1 saturated carbocycles. The first kappa shape index (κ1) is 27.5. The van der Waals surface area contributed by atoms with Crippen LogP contribution in [0.3, 0.4) is 0 Å². The number of nitrogens with zero attached hydrogens (tertiary/aromatic N) is 1. The Hall–Kier alpha value is -4.38. The number of ether oxygens (including phenoxy) is 2. The number of halogens is 3. The number of aliphatic carboxylic acids is 1. The summed E-state index contributed by atoms with van der Waals surface area (Å²) >= 11 is 1.21. The monoisotopic (exact) mass is 605 g/mol. The van der Waals surface area contributed by atoms with E-state index in [1.807, 2.05) is 25.1 Å². The van der Waals surface area contributed by atoms with E-state index >= 15 is 8.78 Å². The van der Waals surface area contributed by atoms with Crippen LogP contribution < -0.4 is 9.47 Å². The second kappa shape index (κ2) is 10.1. The SMILES string of the molecule is CSc1c(Oc2ccc(F)c(-c3ncc([C@@]4(C)CCOc5c([C@@H]6C[C@@H]6C(=O)O)cccc54)[nH]3)c2)c(F)c(F)c2[nH]ccc12. The molecule has 43 heavy (non-hydrogen) atoms. The lowest BCUT2D eigenvalue weighted by Gasteiger charge is -2.36. The van der Waals surface area contributed by atoms with Gasteiger partial charge in [-0.2, -0.15) is 4.39 Å². The summed E-state index contributed by atoms with van der Waals surface area (Å²) in [4.78, 5) is 22.4. The van der Waals surface area contributed by atoms with Crippen LogP contribution in [-0.2, 0) is 10.2 Å². The Morgan fingerprint density at radius 2 is 2.02 bits per heavy atom. The quantitative estimate of drug-likeness (QED) is 0.164. The summed E-state index contributed by atoms with van der Waals surface area (Å²) in [5, 5.41) is 9.94. The number of H-pyrrole nitrogens is 2. The highest BCUT2D eigenvalue weighted by Gasteiger charge is 2.47. The molecule has 2 aliphatic rings. The van der Waals surface area contributed by atoms with Gasteiger partial charge in [0.05, 0.1) is 28.5 Å². The fraction of sp³-hybridized carbons (Fsp3) is 0.250. The summed E-state index contributed by atoms with van der Waals surface area (Å²) in [5.41, 5.74) is 2.11. The third-order valence-electron chi connectivity index (χ3n) is 8.59. The first-order chi connectivity index (χ1) is 20.7. The van der Waals surface area contributed by atoms with Gasteiger partial charge in [0.1, 0.15) is 23.1 Å². The van der Waals surface area contributed by atoms with E-state index in [2.05, 4.69) is 15.0 Å². The molecular weight excluding hydrogens is 579 g/mol. The molecule has 0 spiro atoms. The molecule has 0 radical (unpaired) electrons. The minimum absolute atomic E-state index is 0.0475. The van der Waals surface area contributed by atoms with Gasteiger partial charge in [0, 0.05) is 40.4 Å². The van der Waals surface area contributed by atoms with E-state index in [9.17, 15) is 14.3 Å². The van der Waals surface area contributed by atoms with Crippen LogP contribution in [0.1, 0.15) is 42.5 Å². The van der Waals surface area contributed by atoms with Crippen molar-refractivity contribution in [3.05, 3.63) is 89.1 Å². The molecule has 1 aliphatic heterocycles. The largest absolute Gasteiger partial charge is 0.493 e. The average molecular weight is 606 g/mol. The lowest BCUT2D eigenvalue weighted by Crippen LogP contribution is -2.32. The number of carboxylic acids is 1. The number of para-hydroxylation sites is 1. The molecule has 11 heteroatoms. The number of aromatic amines is 2. The number of nitrogens with one attached hydrogen (secondary N) is 2. The normalized spacial score (nSPS) is 21.0. The van der Waals surface area contributed by atoms with E-state index in [1.165, 1.54) is 36.2 Å². The summed E-state index contributed by atoms with van der Waals surface area (Å²) in [5.74, 6) is -3.31. The van der Waals surface area contributed by atoms with Gasteiger partial charge in [-0.1, -0.05) is 18.2 Å². The number of imidazole rings is 1. The van der Waals surface area contributed by atoms with Crippen molar-refractivity contribution in [2.75, 3.05) is 12.9 Å². The molecule has 7 nitrogen and oxygen atoms in total. The number of hydrogen-bond acceptors (Lipinski definition) is 5. The summed E-state index contributed by atoms with van der Waals surface area (Å²) < 4.78 is 56.9. The molecule has 1 fully saturated rings. The maximum Gasteiger partial charge on any atom is 0.307 e. The van der Waals surface area contributed by atoms with Gasteiger partial charge in [-0.15, -0.1) is 11.8 Å². The molecule has 220 valence electrons. The van der Waals surface area contributed by atoms with Crippen molar-refractivity contribution in [2.24, 2.45) is 5.92 Å². The number of fused-ring (bicyclic) bond motifs is 2. The van der Waals surface area contributed by atoms with Crippen molar-refractivity contribution in [1.82, 2.24) is 15.0 Å². The summed E-state index contributed by atoms with van der Waals surface area (Å²) in [6.45, 7) is 2.47. The van der Waals surface area contributed by atoms with Crippen molar-refractivity contribution in [3.8, 4) is 28.6 Å². The molecule has 0 bridgehead atoms. The smallest absolute Gasteiger partial charge is 0.307 e. The third kappa shape index (κ3) is 4.36. The van der Waals surface area contributed by atoms with Crippen LogP contribution in [0, 0.1) is 23.4 Å². The molecule has 1 aliphatic carbocycles. The van der Waals surface area contributed by atoms with Crippen LogP contribution >= 0.6 is 11.8 Å². The van der Waals surface area contributed by atoms with E-state index in [0.29, 0.717) is 35.5 Å². The fourth-order valence-corrected chi connectivity index (χ4v) is 6.80. The van der Waals surface area contributed by atoms with Gasteiger partial charge in [0.15, 0.2) is 11.6 Å². The van der Waals surface area contributed by atoms with Crippen LogP contribution in [0.4, 0.5) is 13.2 Å². The Labute approximate surface area is 248 Å². The highest BCUT2D eigenvalue weighted by molar-refractivity contribution is 7.99. The van der Waals surface area contributed by atoms with E-state index < -0.39 is 34.8 Å². The number of carboxylic acid groups (broad SMARTS) is 1. The van der Waals surface area contributed by atoms with Crippen molar-refractivity contribution >= 4 is 28.6 Å². The summed E-state index contributed by atoms with van der Waals surface area (Å²) in [6, 6.07) is 11.4. The predicted octanol–water partition coefficient (Wildman–Crippen LogP) is 7.77. The number of carbonyl (C=O) groups is 1. The minimum Gasteiger partial charge on any atom is -0.493 e. The minimum atomic E-state index is -1.14. The maximum atomic E-state index is 15.2. The number of rotatable bonds is 7. The summed E-state index contributed by atoms with van der Waals surface area (Å²) in [6.07, 6.45) is 6.11. The Balaban J connectivity index is 1.23. The molecule has 5 aromatic rings. The van der Waals surface area contributed by atoms with Crippen LogP contribution in [-0.4, -0.2) is 38.9 Å². The molecule has 3 aromatic carbocycles. The Bertz CT molecular complexity index is 1920. The first-order valence-corrected chi connectivity index (χ1v) is 15.0. The molecule has 2 aromatic heterocycles. The number of hydrogen-bond donors (Lipinski definition) is 3. The van der Waals surface area contributed by atoms with Gasteiger partial charge in [-0.3, -0.25) is 4.79 Å². The molecule has 0 amide bonds. The van der Waals surface area contributed by atoms with Gasteiger partial charge in [0.2, 0.25) is 5.82 Å². The lowest BCUT2D eigenvalue weighted by molar-refractivity contribution is -0.138. The summed E-state index contributed by atoms with van der Waals surface area (Å²) in [7, 11) is 0. The third-order valence-corrected chi connectivity index (χ3v) is 9.41. The van der Waals surface area contributed by atoms with Gasteiger partial charge in [-0.05, 0) is 55.9 Å². The zero-order valence-corrected chi connectivity index (χ0v) is 23.9. The van der Waals surface area contributed by atoms with Crippen LogP contribution in [0.25, 0.3) is 22.3 Å². The van der Waals surface area contributed by atoms with Crippen LogP contribution in [0.5, 0.6) is 17.2 Å². The molecule has 3 atom stereocenters. The van der Waals surface area contributed by atoms with E-state index in [-0.39, 0.29) is 34.3 Å². The van der Waals surface area contributed by atoms with Gasteiger partial charge in [0.25, 0.3) is 0 Å². The van der Waals surface area contributed by atoms with Crippen molar-refractivity contribution in [3.63, 3.8) is 0 Å². The maximum absolute atomic E-state index is 15.2. The highest BCUT2D eigenvalue weighted by Crippen LogP contribution is 2.54. The number of benzene rings is 3. The fourth-order valence-electron chi connectivity index (χ4n) is 6.10. The zero-order valence-electron chi connectivity index (χ0n) is 23.1. The van der Waals surface area contributed by atoms with Crippen molar-refractivity contribution in [2.45, 2.75) is 36.0 Å². The molecular formula is C32H26F3N3O4S. The van der Waals surface area contributed by atoms with E-state index in [0.717, 1.165) is 16.8 Å². The Morgan fingerprint density at radius 1 is 1.19 bits per heavy atom. The molecule has 7 rings (SSSR count). The van der Waals surface area contributed by atoms with Gasteiger partial charge in [-0.25, -0.2) is 13.8 Å². The molecule has 0 saturated heterocycles. The second-order valence-corrected chi connectivity index (χ2v) is 11.9. The average Bonchev–Trinajstić information content (AvgIpc) is 3.38. The lowest BCUT2D eigenvalue weighted by atomic mass is 9.74.